The van der Waals surface area contributed by atoms with Crippen LogP contribution in [0, 0.1) is 5.41 Å². The van der Waals surface area contributed by atoms with Crippen molar-refractivity contribution < 1.29 is 13.7 Å². The number of rotatable bonds is 4. The number of hydrogen-bond acceptors (Lipinski definition) is 3. The van der Waals surface area contributed by atoms with E-state index in [1.807, 2.05) is 41.5 Å². The fraction of sp³-hybridized carbons (Fsp3) is 0.917. The van der Waals surface area contributed by atoms with Gasteiger partial charge >= 0.3 is 6.09 Å². The van der Waals surface area contributed by atoms with Gasteiger partial charge in [-0.1, -0.05) is 20.8 Å². The van der Waals surface area contributed by atoms with Crippen molar-refractivity contribution in [2.75, 3.05) is 12.8 Å². The molecule has 2 N–H and O–H groups in total. The van der Waals surface area contributed by atoms with Crippen molar-refractivity contribution in [3.8, 4) is 0 Å². The van der Waals surface area contributed by atoms with E-state index in [0.717, 1.165) is 0 Å². The normalized spacial score (nSPS) is 15.9. The van der Waals surface area contributed by atoms with Crippen LogP contribution in [0.4, 0.5) is 4.79 Å². The molecule has 1 amide bonds. The average Bonchev–Trinajstić information content (AvgIpc) is 2.06. The van der Waals surface area contributed by atoms with Crippen molar-refractivity contribution >= 4 is 17.1 Å². The Morgan fingerprint density at radius 2 is 1.72 bits per heavy atom. The van der Waals surface area contributed by atoms with Crippen molar-refractivity contribution in [2.45, 2.75) is 53.2 Å². The highest BCUT2D eigenvalue weighted by Crippen LogP contribution is 2.19. The second-order valence-electron chi connectivity index (χ2n) is 6.37. The molecule has 0 saturated carbocycles. The standard InChI is InChI=1S/C12H26N2O3S/c1-11(2,3)9(8-13-18(7)16)14-10(15)17-12(4,5)6/h9,13H,8H2,1-7H3,(H,14,15). The number of nitrogens with one attached hydrogen (secondary N) is 2. The summed E-state index contributed by atoms with van der Waals surface area (Å²) < 4.78 is 19.1. The molecule has 0 rings (SSSR count). The van der Waals surface area contributed by atoms with Gasteiger partial charge < -0.3 is 10.1 Å². The van der Waals surface area contributed by atoms with Crippen LogP contribution < -0.4 is 10.0 Å². The van der Waals surface area contributed by atoms with Gasteiger partial charge in [-0.25, -0.2) is 13.7 Å². The second-order valence-corrected chi connectivity index (χ2v) is 7.56. The predicted octanol–water partition coefficient (Wildman–Crippen LogP) is 1.81. The Labute approximate surface area is 113 Å². The van der Waals surface area contributed by atoms with Gasteiger partial charge in [0.2, 0.25) is 0 Å². The van der Waals surface area contributed by atoms with Crippen molar-refractivity contribution in [3.63, 3.8) is 0 Å². The topological polar surface area (TPSA) is 67.4 Å². The third kappa shape index (κ3) is 8.47. The van der Waals surface area contributed by atoms with E-state index in [0.29, 0.717) is 6.54 Å². The summed E-state index contributed by atoms with van der Waals surface area (Å²) in [6, 6.07) is -0.156. The molecule has 0 spiro atoms. The highest BCUT2D eigenvalue weighted by atomic mass is 32.2. The molecule has 0 aliphatic rings. The first kappa shape index (κ1) is 17.4. The lowest BCUT2D eigenvalue weighted by Crippen LogP contribution is -2.51. The molecular weight excluding hydrogens is 252 g/mol. The Hall–Kier alpha value is -0.620. The third-order valence-electron chi connectivity index (χ3n) is 2.23. The zero-order chi connectivity index (χ0) is 14.6. The molecule has 0 heterocycles. The minimum Gasteiger partial charge on any atom is -0.444 e. The van der Waals surface area contributed by atoms with E-state index in [1.165, 1.54) is 0 Å². The van der Waals surface area contributed by atoms with E-state index in [9.17, 15) is 9.00 Å². The summed E-state index contributed by atoms with van der Waals surface area (Å²) in [5.41, 5.74) is -0.670. The molecule has 0 aliphatic carbocycles. The predicted molar refractivity (Wildman–Crippen MR) is 74.7 cm³/mol. The molecule has 0 saturated heterocycles. The van der Waals surface area contributed by atoms with Crippen LogP contribution in [0.3, 0.4) is 0 Å². The summed E-state index contributed by atoms with van der Waals surface area (Å²) in [6.07, 6.45) is 1.11. The molecular formula is C12H26N2O3S. The van der Waals surface area contributed by atoms with E-state index >= 15 is 0 Å². The lowest BCUT2D eigenvalue weighted by Gasteiger charge is -2.32. The quantitative estimate of drug-likeness (QED) is 0.824. The first-order chi connectivity index (χ1) is 7.92. The van der Waals surface area contributed by atoms with Gasteiger partial charge in [0.15, 0.2) is 0 Å². The Morgan fingerprint density at radius 3 is 2.06 bits per heavy atom. The van der Waals surface area contributed by atoms with Crippen LogP contribution in [0.2, 0.25) is 0 Å². The van der Waals surface area contributed by atoms with Gasteiger partial charge in [0, 0.05) is 12.8 Å². The molecule has 108 valence electrons. The fourth-order valence-corrected chi connectivity index (χ4v) is 1.63. The van der Waals surface area contributed by atoms with E-state index in [4.69, 9.17) is 4.74 Å². The highest BCUT2D eigenvalue weighted by molar-refractivity contribution is 7.82. The van der Waals surface area contributed by atoms with Crippen LogP contribution in [-0.4, -0.2) is 34.7 Å². The number of carbonyl (C=O) groups excluding carboxylic acids is 1. The first-order valence-electron chi connectivity index (χ1n) is 5.98. The molecule has 0 bridgehead atoms. The van der Waals surface area contributed by atoms with Crippen molar-refractivity contribution in [1.82, 2.24) is 10.0 Å². The Balaban J connectivity index is 4.51. The smallest absolute Gasteiger partial charge is 0.407 e. The molecule has 0 aromatic heterocycles. The highest BCUT2D eigenvalue weighted by Gasteiger charge is 2.28. The van der Waals surface area contributed by atoms with E-state index in [2.05, 4.69) is 10.0 Å². The van der Waals surface area contributed by atoms with Crippen LogP contribution in [0.25, 0.3) is 0 Å². The number of alkyl carbamates (subject to hydrolysis) is 1. The fourth-order valence-electron chi connectivity index (χ4n) is 1.22. The molecule has 0 aromatic carbocycles. The number of hydrogen-bond donors (Lipinski definition) is 2. The van der Waals surface area contributed by atoms with Gasteiger partial charge in [0.1, 0.15) is 5.60 Å². The lowest BCUT2D eigenvalue weighted by molar-refractivity contribution is 0.0466. The summed E-state index contributed by atoms with van der Waals surface area (Å²) in [6.45, 7) is 11.9. The SMILES string of the molecule is CS(=O)NCC(NC(=O)OC(C)(C)C)C(C)(C)C. The van der Waals surface area contributed by atoms with Crippen molar-refractivity contribution in [2.24, 2.45) is 5.41 Å². The molecule has 6 heteroatoms. The van der Waals surface area contributed by atoms with Gasteiger partial charge in [0.05, 0.1) is 17.0 Å². The van der Waals surface area contributed by atoms with Crippen LogP contribution in [0.5, 0.6) is 0 Å². The van der Waals surface area contributed by atoms with E-state index in [-0.39, 0.29) is 11.5 Å². The zero-order valence-corrected chi connectivity index (χ0v) is 13.2. The monoisotopic (exact) mass is 278 g/mol. The molecule has 18 heavy (non-hydrogen) atoms. The summed E-state index contributed by atoms with van der Waals surface area (Å²) in [7, 11) is -1.10. The van der Waals surface area contributed by atoms with Gasteiger partial charge in [-0.2, -0.15) is 0 Å². The van der Waals surface area contributed by atoms with Crippen LogP contribution in [0.15, 0.2) is 0 Å². The van der Waals surface area contributed by atoms with Crippen molar-refractivity contribution in [1.29, 1.82) is 0 Å². The van der Waals surface area contributed by atoms with Crippen LogP contribution >= 0.6 is 0 Å². The maximum atomic E-state index is 11.7. The molecule has 0 aromatic rings. The minimum atomic E-state index is -1.10. The Morgan fingerprint density at radius 1 is 1.22 bits per heavy atom. The largest absolute Gasteiger partial charge is 0.444 e. The lowest BCUT2D eigenvalue weighted by atomic mass is 9.87. The molecule has 0 radical (unpaired) electrons. The number of amides is 1. The third-order valence-corrected chi connectivity index (χ3v) is 2.80. The average molecular weight is 278 g/mol. The molecule has 0 aliphatic heterocycles. The van der Waals surface area contributed by atoms with E-state index in [1.54, 1.807) is 6.26 Å². The van der Waals surface area contributed by atoms with Gasteiger partial charge in [-0.3, -0.25) is 0 Å². The summed E-state index contributed by atoms with van der Waals surface area (Å²) in [5, 5.41) is 2.81. The number of ether oxygens (including phenoxy) is 1. The van der Waals surface area contributed by atoms with Crippen LogP contribution in [-0.2, 0) is 15.7 Å². The Bertz CT molecular complexity index is 305. The molecule has 2 atom stereocenters. The Kier molecular flexibility index (Phi) is 6.29. The summed E-state index contributed by atoms with van der Waals surface area (Å²) >= 11 is 0. The first-order valence-corrected chi connectivity index (χ1v) is 7.54. The molecule has 2 unspecified atom stereocenters. The summed E-state index contributed by atoms with van der Waals surface area (Å²) in [4.78, 5) is 11.7. The van der Waals surface area contributed by atoms with Gasteiger partial charge in [-0.15, -0.1) is 0 Å². The van der Waals surface area contributed by atoms with Gasteiger partial charge in [-0.05, 0) is 26.2 Å². The summed E-state index contributed by atoms with van der Waals surface area (Å²) in [5.74, 6) is 0. The molecule has 5 nitrogen and oxygen atoms in total. The van der Waals surface area contributed by atoms with Gasteiger partial charge in [0.25, 0.3) is 0 Å². The maximum absolute atomic E-state index is 11.7. The maximum Gasteiger partial charge on any atom is 0.407 e. The van der Waals surface area contributed by atoms with E-state index < -0.39 is 22.7 Å². The van der Waals surface area contributed by atoms with Crippen molar-refractivity contribution in [3.05, 3.63) is 0 Å². The minimum absolute atomic E-state index is 0.150. The molecule has 0 fully saturated rings. The zero-order valence-electron chi connectivity index (χ0n) is 12.4. The number of carbonyl (C=O) groups is 1. The second kappa shape index (κ2) is 6.52. The van der Waals surface area contributed by atoms with Crippen LogP contribution in [0.1, 0.15) is 41.5 Å².